The minimum Gasteiger partial charge on any atom is -0.495 e. The van der Waals surface area contributed by atoms with Gasteiger partial charge in [0.1, 0.15) is 11.6 Å². The number of halogens is 2. The lowest BCUT2D eigenvalue weighted by Crippen LogP contribution is -2.23. The molecule has 4 nitrogen and oxygen atoms in total. The highest BCUT2D eigenvalue weighted by Gasteiger charge is 2.23. The molecule has 0 radical (unpaired) electrons. The predicted molar refractivity (Wildman–Crippen MR) is 86.6 cm³/mol. The molecule has 0 atom stereocenters. The van der Waals surface area contributed by atoms with Crippen molar-refractivity contribution in [3.8, 4) is 5.75 Å². The van der Waals surface area contributed by atoms with E-state index >= 15 is 0 Å². The molecule has 2 aromatic rings. The van der Waals surface area contributed by atoms with Gasteiger partial charge in [-0.3, -0.25) is 4.79 Å². The van der Waals surface area contributed by atoms with Crippen LogP contribution in [0.5, 0.6) is 5.75 Å². The number of ether oxygens (including phenoxy) is 1. The predicted octanol–water partition coefficient (Wildman–Crippen LogP) is 3.74. The molecule has 23 heavy (non-hydrogen) atoms. The molecule has 6 heteroatoms. The molecule has 1 heterocycles. The van der Waals surface area contributed by atoms with Gasteiger partial charge in [0.05, 0.1) is 24.4 Å². The maximum atomic E-state index is 13.2. The molecule has 0 aliphatic carbocycles. The molecule has 3 rings (SSSR count). The van der Waals surface area contributed by atoms with E-state index in [1.807, 2.05) is 6.07 Å². The lowest BCUT2D eigenvalue weighted by atomic mass is 10.1. The first-order valence-electron chi connectivity index (χ1n) is 7.07. The summed E-state index contributed by atoms with van der Waals surface area (Å²) in [6, 6.07) is 11.0. The Kier molecular flexibility index (Phi) is 4.30. The number of benzene rings is 2. The van der Waals surface area contributed by atoms with E-state index in [-0.39, 0.29) is 11.5 Å². The summed E-state index contributed by atoms with van der Waals surface area (Å²) in [6.45, 7) is 0.453. The Bertz CT molecular complexity index is 792. The molecule has 0 spiro atoms. The zero-order chi connectivity index (χ0) is 16.4. The number of carbonyl (C=O) groups is 1. The standard InChI is InChI=1S/C17H14ClFN2O2/c1-23-16-6-5-11(10-14(16)18)15-7-8-21(20-15)17(22)12-3-2-4-13(19)9-12/h2-6,9-10H,7-8H2,1H3. The molecule has 118 valence electrons. The average molecular weight is 333 g/mol. The van der Waals surface area contributed by atoms with Crippen molar-refractivity contribution in [3.05, 3.63) is 64.4 Å². The number of hydrogen-bond donors (Lipinski definition) is 0. The van der Waals surface area contributed by atoms with Crippen molar-refractivity contribution < 1.29 is 13.9 Å². The van der Waals surface area contributed by atoms with Crippen LogP contribution in [0, 0.1) is 5.82 Å². The lowest BCUT2D eigenvalue weighted by molar-refractivity contribution is 0.0778. The minimum atomic E-state index is -0.443. The van der Waals surface area contributed by atoms with E-state index in [1.165, 1.54) is 23.2 Å². The van der Waals surface area contributed by atoms with Crippen LogP contribution in [-0.2, 0) is 0 Å². The number of amides is 1. The van der Waals surface area contributed by atoms with E-state index in [4.69, 9.17) is 16.3 Å². The highest BCUT2D eigenvalue weighted by atomic mass is 35.5. The van der Waals surface area contributed by atoms with Crippen LogP contribution in [0.15, 0.2) is 47.6 Å². The highest BCUT2D eigenvalue weighted by Crippen LogP contribution is 2.27. The molecule has 1 aliphatic heterocycles. The Balaban J connectivity index is 1.83. The fourth-order valence-electron chi connectivity index (χ4n) is 2.42. The summed E-state index contributed by atoms with van der Waals surface area (Å²) >= 11 is 6.12. The smallest absolute Gasteiger partial charge is 0.274 e. The second-order valence-corrected chi connectivity index (χ2v) is 5.49. The third kappa shape index (κ3) is 3.19. The number of methoxy groups -OCH3 is 1. The normalized spacial score (nSPS) is 13.9. The van der Waals surface area contributed by atoms with Gasteiger partial charge in [0, 0.05) is 12.0 Å². The van der Waals surface area contributed by atoms with Gasteiger partial charge in [-0.25, -0.2) is 9.40 Å². The largest absolute Gasteiger partial charge is 0.495 e. The van der Waals surface area contributed by atoms with Crippen molar-refractivity contribution in [1.82, 2.24) is 5.01 Å². The topological polar surface area (TPSA) is 41.9 Å². The second kappa shape index (κ2) is 6.38. The molecule has 0 fully saturated rings. The molecule has 2 aromatic carbocycles. The van der Waals surface area contributed by atoms with Gasteiger partial charge >= 0.3 is 0 Å². The van der Waals surface area contributed by atoms with Crippen LogP contribution in [0.4, 0.5) is 4.39 Å². The van der Waals surface area contributed by atoms with Gasteiger partial charge in [-0.05, 0) is 42.0 Å². The molecule has 1 aliphatic rings. The SMILES string of the molecule is COc1ccc(C2=NN(C(=O)c3cccc(F)c3)CC2)cc1Cl. The first-order valence-corrected chi connectivity index (χ1v) is 7.45. The van der Waals surface area contributed by atoms with Crippen LogP contribution in [0.25, 0.3) is 0 Å². The molecule has 0 N–H and O–H groups in total. The summed E-state index contributed by atoms with van der Waals surface area (Å²) in [5, 5.41) is 6.18. The molecular formula is C17H14ClFN2O2. The number of carbonyl (C=O) groups excluding carboxylic acids is 1. The number of hydrazone groups is 1. The van der Waals surface area contributed by atoms with Crippen LogP contribution in [0.3, 0.4) is 0 Å². The van der Waals surface area contributed by atoms with E-state index in [9.17, 15) is 9.18 Å². The summed E-state index contributed by atoms with van der Waals surface area (Å²) in [4.78, 5) is 12.3. The third-order valence-electron chi connectivity index (χ3n) is 3.59. The van der Waals surface area contributed by atoms with Crippen LogP contribution in [-0.4, -0.2) is 30.3 Å². The quantitative estimate of drug-likeness (QED) is 0.859. The molecule has 1 amide bonds. The zero-order valence-electron chi connectivity index (χ0n) is 12.4. The van der Waals surface area contributed by atoms with E-state index in [2.05, 4.69) is 5.10 Å². The first-order chi connectivity index (χ1) is 11.1. The van der Waals surface area contributed by atoms with Crippen LogP contribution >= 0.6 is 11.6 Å². The highest BCUT2D eigenvalue weighted by molar-refractivity contribution is 6.32. The monoisotopic (exact) mass is 332 g/mol. The van der Waals surface area contributed by atoms with Crippen molar-refractivity contribution in [2.75, 3.05) is 13.7 Å². The Hall–Kier alpha value is -2.40. The Morgan fingerprint density at radius 2 is 2.13 bits per heavy atom. The Morgan fingerprint density at radius 3 is 2.83 bits per heavy atom. The summed E-state index contributed by atoms with van der Waals surface area (Å²) in [5.41, 5.74) is 1.88. The van der Waals surface area contributed by atoms with E-state index in [0.717, 1.165) is 11.3 Å². The molecule has 0 saturated heterocycles. The van der Waals surface area contributed by atoms with Crippen molar-refractivity contribution in [2.45, 2.75) is 6.42 Å². The van der Waals surface area contributed by atoms with Crippen LogP contribution in [0.2, 0.25) is 5.02 Å². The molecular weight excluding hydrogens is 319 g/mol. The van der Waals surface area contributed by atoms with Gasteiger partial charge in [0.2, 0.25) is 0 Å². The minimum absolute atomic E-state index is 0.280. The fourth-order valence-corrected chi connectivity index (χ4v) is 2.68. The van der Waals surface area contributed by atoms with Gasteiger partial charge < -0.3 is 4.74 Å². The lowest BCUT2D eigenvalue weighted by Gasteiger charge is -2.11. The fraction of sp³-hybridized carbons (Fsp3) is 0.176. The van der Waals surface area contributed by atoms with E-state index < -0.39 is 5.82 Å². The summed E-state index contributed by atoms with van der Waals surface area (Å²) in [7, 11) is 1.55. The van der Waals surface area contributed by atoms with Gasteiger partial charge in [-0.15, -0.1) is 0 Å². The van der Waals surface area contributed by atoms with Crippen LogP contribution < -0.4 is 4.74 Å². The maximum Gasteiger partial charge on any atom is 0.274 e. The van der Waals surface area contributed by atoms with Gasteiger partial charge in [0.25, 0.3) is 5.91 Å². The molecule has 0 unspecified atom stereocenters. The first kappa shape index (κ1) is 15.5. The number of rotatable bonds is 3. The van der Waals surface area contributed by atoms with Gasteiger partial charge in [0.15, 0.2) is 0 Å². The van der Waals surface area contributed by atoms with Crippen molar-refractivity contribution >= 4 is 23.2 Å². The van der Waals surface area contributed by atoms with Crippen molar-refractivity contribution in [1.29, 1.82) is 0 Å². The Morgan fingerprint density at radius 1 is 1.30 bits per heavy atom. The second-order valence-electron chi connectivity index (χ2n) is 5.08. The molecule has 0 bridgehead atoms. The zero-order valence-corrected chi connectivity index (χ0v) is 13.2. The summed E-state index contributed by atoms with van der Waals surface area (Å²) in [5.74, 6) is -0.179. The summed E-state index contributed by atoms with van der Waals surface area (Å²) < 4.78 is 18.4. The summed E-state index contributed by atoms with van der Waals surface area (Å²) in [6.07, 6.45) is 0.615. The number of nitrogens with zero attached hydrogens (tertiary/aromatic N) is 2. The Labute approximate surface area is 138 Å². The van der Waals surface area contributed by atoms with Gasteiger partial charge in [-0.1, -0.05) is 17.7 Å². The molecule has 0 aromatic heterocycles. The number of hydrogen-bond acceptors (Lipinski definition) is 3. The van der Waals surface area contributed by atoms with E-state index in [1.54, 1.807) is 25.3 Å². The average Bonchev–Trinajstić information content (AvgIpc) is 3.04. The maximum absolute atomic E-state index is 13.2. The van der Waals surface area contributed by atoms with E-state index in [0.29, 0.717) is 23.7 Å². The van der Waals surface area contributed by atoms with Crippen molar-refractivity contribution in [2.24, 2.45) is 5.10 Å². The van der Waals surface area contributed by atoms with Crippen molar-refractivity contribution in [3.63, 3.8) is 0 Å². The van der Waals surface area contributed by atoms with Crippen LogP contribution in [0.1, 0.15) is 22.3 Å². The third-order valence-corrected chi connectivity index (χ3v) is 3.89. The van der Waals surface area contributed by atoms with Gasteiger partial charge in [-0.2, -0.15) is 5.10 Å². The molecule has 0 saturated carbocycles.